The minimum atomic E-state index is -0.605. The molecule has 0 radical (unpaired) electrons. The van der Waals surface area contributed by atoms with Crippen LogP contribution in [0.5, 0.6) is 17.4 Å². The van der Waals surface area contributed by atoms with Crippen LogP contribution in [0.4, 0.5) is 0 Å². The average molecular weight is 498 g/mol. The van der Waals surface area contributed by atoms with E-state index in [2.05, 4.69) is 11.8 Å². The molecule has 1 aromatic heterocycles. The summed E-state index contributed by atoms with van der Waals surface area (Å²) >= 11 is 0. The molecule has 1 fully saturated rings. The summed E-state index contributed by atoms with van der Waals surface area (Å²) in [5.41, 5.74) is 3.03. The Labute approximate surface area is 219 Å². The molecule has 0 bridgehead atoms. The number of aliphatic hydroxyl groups excluding tert-OH is 1. The summed E-state index contributed by atoms with van der Waals surface area (Å²) in [7, 11) is 0. The minimum Gasteiger partial charge on any atom is -0.491 e. The van der Waals surface area contributed by atoms with Gasteiger partial charge in [0.25, 0.3) is 0 Å². The number of ether oxygens (including phenoxy) is 2. The molecule has 5 rings (SSSR count). The van der Waals surface area contributed by atoms with Crippen molar-refractivity contribution < 1.29 is 14.6 Å². The summed E-state index contributed by atoms with van der Waals surface area (Å²) in [5.74, 6) is 2.94. The first-order valence-electron chi connectivity index (χ1n) is 13.2. The van der Waals surface area contributed by atoms with Gasteiger partial charge in [-0.05, 0) is 61.6 Å². The normalized spacial score (nSPS) is 14.0. The van der Waals surface area contributed by atoms with Crippen molar-refractivity contribution in [1.29, 1.82) is 0 Å². The van der Waals surface area contributed by atoms with Crippen LogP contribution < -0.4 is 9.47 Å². The smallest absolute Gasteiger partial charge is 0.227 e. The van der Waals surface area contributed by atoms with Gasteiger partial charge < -0.3 is 14.6 Å². The van der Waals surface area contributed by atoms with Crippen molar-refractivity contribution in [3.8, 4) is 23.1 Å². The van der Waals surface area contributed by atoms with E-state index in [1.807, 2.05) is 95.7 Å². The number of nitrogens with zero attached hydrogens (tertiary/aromatic N) is 3. The lowest BCUT2D eigenvalue weighted by Crippen LogP contribution is -2.36. The molecule has 6 heteroatoms. The third kappa shape index (κ3) is 6.79. The number of aryl methyl sites for hydroxylation is 1. The summed E-state index contributed by atoms with van der Waals surface area (Å²) < 4.78 is 14.2. The molecule has 192 valence electrons. The van der Waals surface area contributed by atoms with E-state index in [1.54, 1.807) is 0 Å². The van der Waals surface area contributed by atoms with Gasteiger partial charge in [-0.3, -0.25) is 4.90 Å². The molecule has 6 nitrogen and oxygen atoms in total. The van der Waals surface area contributed by atoms with Crippen molar-refractivity contribution in [3.63, 3.8) is 0 Å². The lowest BCUT2D eigenvalue weighted by atomic mass is 10.1. The number of benzene rings is 3. The van der Waals surface area contributed by atoms with Crippen LogP contribution in [-0.4, -0.2) is 45.6 Å². The number of aliphatic hydroxyl groups is 1. The summed E-state index contributed by atoms with van der Waals surface area (Å²) in [4.78, 5) is 2.33. The highest BCUT2D eigenvalue weighted by atomic mass is 16.5. The van der Waals surface area contributed by atoms with Crippen LogP contribution in [0.3, 0.4) is 0 Å². The van der Waals surface area contributed by atoms with Gasteiger partial charge in [-0.15, -0.1) is 0 Å². The zero-order chi connectivity index (χ0) is 25.5. The third-order valence-electron chi connectivity index (χ3n) is 6.56. The molecule has 0 aliphatic heterocycles. The second kappa shape index (κ2) is 12.1. The Bertz CT molecular complexity index is 1240. The first kappa shape index (κ1) is 25.1. The van der Waals surface area contributed by atoms with Crippen LogP contribution in [-0.2, 0) is 13.0 Å². The summed E-state index contributed by atoms with van der Waals surface area (Å²) in [6, 6.07) is 29.6. The first-order chi connectivity index (χ1) is 18.2. The lowest BCUT2D eigenvalue weighted by molar-refractivity contribution is 0.0636. The van der Waals surface area contributed by atoms with Gasteiger partial charge in [0.15, 0.2) is 0 Å². The topological polar surface area (TPSA) is 59.8 Å². The van der Waals surface area contributed by atoms with Crippen LogP contribution in [0.1, 0.15) is 31.0 Å². The highest BCUT2D eigenvalue weighted by Crippen LogP contribution is 2.34. The van der Waals surface area contributed by atoms with Gasteiger partial charge in [-0.25, -0.2) is 4.68 Å². The zero-order valence-corrected chi connectivity index (χ0v) is 21.4. The van der Waals surface area contributed by atoms with E-state index in [1.165, 1.54) is 12.8 Å². The minimum absolute atomic E-state index is 0.252. The van der Waals surface area contributed by atoms with Gasteiger partial charge in [0.1, 0.15) is 24.2 Å². The second-order valence-electron chi connectivity index (χ2n) is 9.66. The Hall–Kier alpha value is -3.61. The number of hydrogen-bond acceptors (Lipinski definition) is 5. The van der Waals surface area contributed by atoms with Crippen LogP contribution in [0.2, 0.25) is 0 Å². The Balaban J connectivity index is 1.40. The molecule has 3 aromatic carbocycles. The summed E-state index contributed by atoms with van der Waals surface area (Å²) in [5, 5.41) is 15.9. The molecular formula is C31H35N3O3. The highest BCUT2D eigenvalue weighted by Gasteiger charge is 2.28. The summed E-state index contributed by atoms with van der Waals surface area (Å²) in [6.45, 7) is 4.49. The predicted molar refractivity (Wildman–Crippen MR) is 145 cm³/mol. The van der Waals surface area contributed by atoms with Crippen LogP contribution >= 0.6 is 0 Å². The molecule has 1 atom stereocenters. The molecule has 0 amide bonds. The van der Waals surface area contributed by atoms with E-state index in [4.69, 9.17) is 14.6 Å². The quantitative estimate of drug-likeness (QED) is 0.250. The number of aromatic nitrogens is 2. The Morgan fingerprint density at radius 2 is 1.54 bits per heavy atom. The van der Waals surface area contributed by atoms with Gasteiger partial charge in [-0.1, -0.05) is 61.5 Å². The van der Waals surface area contributed by atoms with Crippen LogP contribution in [0, 0.1) is 5.92 Å². The number of rotatable bonds is 13. The van der Waals surface area contributed by atoms with E-state index >= 15 is 0 Å². The van der Waals surface area contributed by atoms with E-state index in [0.717, 1.165) is 47.3 Å². The van der Waals surface area contributed by atoms with Gasteiger partial charge in [0.2, 0.25) is 5.88 Å². The highest BCUT2D eigenvalue weighted by molar-refractivity contribution is 5.43. The van der Waals surface area contributed by atoms with E-state index < -0.39 is 6.10 Å². The number of para-hydroxylation sites is 3. The molecule has 0 unspecified atom stereocenters. The van der Waals surface area contributed by atoms with Gasteiger partial charge >= 0.3 is 0 Å². The van der Waals surface area contributed by atoms with Crippen molar-refractivity contribution in [1.82, 2.24) is 14.7 Å². The van der Waals surface area contributed by atoms with Crippen molar-refractivity contribution in [2.45, 2.75) is 38.8 Å². The largest absolute Gasteiger partial charge is 0.491 e. The van der Waals surface area contributed by atoms with E-state index in [-0.39, 0.29) is 6.61 Å². The monoisotopic (exact) mass is 497 g/mol. The van der Waals surface area contributed by atoms with Crippen LogP contribution in [0.25, 0.3) is 5.69 Å². The molecule has 1 N–H and O–H groups in total. The van der Waals surface area contributed by atoms with Crippen molar-refractivity contribution in [2.75, 3.05) is 19.7 Å². The molecule has 1 aliphatic rings. The molecule has 1 heterocycles. The maximum absolute atomic E-state index is 10.9. The average Bonchev–Trinajstić information content (AvgIpc) is 3.70. The molecule has 0 saturated heterocycles. The molecule has 1 saturated carbocycles. The number of hydrogen-bond donors (Lipinski definition) is 1. The fourth-order valence-corrected chi connectivity index (χ4v) is 4.52. The lowest BCUT2D eigenvalue weighted by Gasteiger charge is -2.25. The van der Waals surface area contributed by atoms with Gasteiger partial charge in [-0.2, -0.15) is 5.10 Å². The van der Waals surface area contributed by atoms with Crippen molar-refractivity contribution in [3.05, 3.63) is 102 Å². The molecule has 4 aromatic rings. The zero-order valence-electron chi connectivity index (χ0n) is 21.4. The maximum Gasteiger partial charge on any atom is 0.227 e. The fourth-order valence-electron chi connectivity index (χ4n) is 4.52. The van der Waals surface area contributed by atoms with E-state index in [0.29, 0.717) is 19.0 Å². The summed E-state index contributed by atoms with van der Waals surface area (Å²) in [6.07, 6.45) is 2.66. The van der Waals surface area contributed by atoms with E-state index in [9.17, 15) is 5.11 Å². The van der Waals surface area contributed by atoms with Gasteiger partial charge in [0.05, 0.1) is 16.9 Å². The maximum atomic E-state index is 10.9. The fraction of sp³-hybridized carbons (Fsp3) is 0.323. The second-order valence-corrected chi connectivity index (χ2v) is 9.66. The Morgan fingerprint density at radius 3 is 2.16 bits per heavy atom. The Morgan fingerprint density at radius 1 is 0.919 bits per heavy atom. The molecule has 37 heavy (non-hydrogen) atoms. The SMILES string of the molecule is CCc1nn(-c2ccccc2)c(Oc2ccccc2)c1CN(CC1CC1)C[C@@H](O)COc1ccccc1. The van der Waals surface area contributed by atoms with Gasteiger partial charge in [0, 0.05) is 19.6 Å². The first-order valence-corrected chi connectivity index (χ1v) is 13.2. The van der Waals surface area contributed by atoms with Crippen molar-refractivity contribution in [2.24, 2.45) is 5.92 Å². The molecular weight excluding hydrogens is 462 g/mol. The Kier molecular flexibility index (Phi) is 8.18. The molecule has 1 aliphatic carbocycles. The predicted octanol–water partition coefficient (Wildman–Crippen LogP) is 5.88. The van der Waals surface area contributed by atoms with Crippen LogP contribution in [0.15, 0.2) is 91.0 Å². The molecule has 0 spiro atoms. The standard InChI is InChI=1S/C31H35N3O3/c1-2-30-29(22-33(20-24-18-19-24)21-26(35)23-36-27-14-8-4-9-15-27)31(37-28-16-10-5-11-17-28)34(32-30)25-12-6-3-7-13-25/h3-17,24,26,35H,2,18-23H2,1H3/t26-/m1/s1. The third-order valence-corrected chi connectivity index (χ3v) is 6.56. The van der Waals surface area contributed by atoms with Crippen molar-refractivity contribution >= 4 is 0 Å².